The Hall–Kier alpha value is -1.41. The first-order valence-corrected chi connectivity index (χ1v) is 8.62. The van der Waals surface area contributed by atoms with Gasteiger partial charge in [0.1, 0.15) is 5.82 Å². The highest BCUT2D eigenvalue weighted by atomic mass is 32.2. The van der Waals surface area contributed by atoms with Gasteiger partial charge in [-0.25, -0.2) is 18.0 Å². The zero-order chi connectivity index (χ0) is 16.8. The molecule has 1 fully saturated rings. The molecule has 0 aliphatic carbocycles. The monoisotopic (exact) mass is 347 g/mol. The van der Waals surface area contributed by atoms with Crippen molar-refractivity contribution in [2.75, 3.05) is 31.1 Å². The third kappa shape index (κ3) is 5.31. The highest BCUT2D eigenvalue weighted by Crippen LogP contribution is 2.15. The van der Waals surface area contributed by atoms with Gasteiger partial charge in [-0.3, -0.25) is 0 Å². The van der Waals surface area contributed by atoms with Crippen LogP contribution in [0.1, 0.15) is 12.0 Å². The van der Waals surface area contributed by atoms with Crippen molar-refractivity contribution >= 4 is 17.8 Å². The smallest absolute Gasteiger partial charge is 0.317 e. The lowest BCUT2D eigenvalue weighted by atomic mass is 10.0. The molecule has 2 rings (SSSR count). The fourth-order valence-corrected chi connectivity index (χ4v) is 3.25. The number of urea groups is 1. The number of hydrogen-bond donors (Lipinski definition) is 2. The van der Waals surface area contributed by atoms with Crippen LogP contribution in [0, 0.1) is 17.5 Å². The summed E-state index contributed by atoms with van der Waals surface area (Å²) in [5.41, 5.74) is 5.91. The SMILES string of the molecule is N[C@@H](CCNC(=O)N1CCSCC1)Cc1cc(F)c(F)cc1F. The van der Waals surface area contributed by atoms with Gasteiger partial charge in [0.2, 0.25) is 0 Å². The van der Waals surface area contributed by atoms with Gasteiger partial charge in [0.15, 0.2) is 11.6 Å². The standard InChI is InChI=1S/C15H20F3N3OS/c16-12-9-14(18)13(17)8-10(12)7-11(19)1-2-20-15(22)21-3-5-23-6-4-21/h8-9,11H,1-7,19H2,(H,20,22)/t11-/m0/s1. The van der Waals surface area contributed by atoms with Crippen molar-refractivity contribution in [2.24, 2.45) is 5.73 Å². The summed E-state index contributed by atoms with van der Waals surface area (Å²) >= 11 is 1.82. The number of nitrogens with one attached hydrogen (secondary N) is 1. The molecule has 0 spiro atoms. The maximum absolute atomic E-state index is 13.5. The molecule has 1 aliphatic rings. The largest absolute Gasteiger partial charge is 0.338 e. The van der Waals surface area contributed by atoms with E-state index >= 15 is 0 Å². The summed E-state index contributed by atoms with van der Waals surface area (Å²) in [7, 11) is 0. The molecule has 23 heavy (non-hydrogen) atoms. The van der Waals surface area contributed by atoms with Gasteiger partial charge in [0.05, 0.1) is 0 Å². The Labute approximate surface area is 137 Å². The lowest BCUT2D eigenvalue weighted by Crippen LogP contribution is -2.45. The van der Waals surface area contributed by atoms with E-state index in [4.69, 9.17) is 5.73 Å². The fraction of sp³-hybridized carbons (Fsp3) is 0.533. The Balaban J connectivity index is 1.75. The summed E-state index contributed by atoms with van der Waals surface area (Å²) in [6.45, 7) is 1.81. The highest BCUT2D eigenvalue weighted by molar-refractivity contribution is 7.99. The number of amides is 2. The Kier molecular flexibility index (Phi) is 6.59. The summed E-state index contributed by atoms with van der Waals surface area (Å²) in [4.78, 5) is 13.6. The molecule has 1 heterocycles. The average molecular weight is 347 g/mol. The molecule has 128 valence electrons. The number of thioether (sulfide) groups is 1. The molecule has 1 aliphatic heterocycles. The number of carbonyl (C=O) groups excluding carboxylic acids is 1. The lowest BCUT2D eigenvalue weighted by molar-refractivity contribution is 0.202. The molecular formula is C15H20F3N3OS. The van der Waals surface area contributed by atoms with Gasteiger partial charge in [0, 0.05) is 43.2 Å². The number of halogens is 3. The predicted octanol–water partition coefficient (Wildman–Crippen LogP) is 2.12. The normalized spacial score (nSPS) is 16.3. The Morgan fingerprint density at radius 2 is 1.87 bits per heavy atom. The van der Waals surface area contributed by atoms with Gasteiger partial charge >= 0.3 is 6.03 Å². The van der Waals surface area contributed by atoms with Crippen LogP contribution in [0.15, 0.2) is 12.1 Å². The average Bonchev–Trinajstić information content (AvgIpc) is 2.53. The van der Waals surface area contributed by atoms with E-state index in [0.717, 1.165) is 30.7 Å². The maximum atomic E-state index is 13.5. The molecule has 1 saturated heterocycles. The van der Waals surface area contributed by atoms with Crippen molar-refractivity contribution in [3.05, 3.63) is 35.1 Å². The van der Waals surface area contributed by atoms with Crippen LogP contribution in [-0.4, -0.2) is 48.1 Å². The van der Waals surface area contributed by atoms with Gasteiger partial charge in [0.25, 0.3) is 0 Å². The van der Waals surface area contributed by atoms with Crippen LogP contribution in [-0.2, 0) is 6.42 Å². The second-order valence-electron chi connectivity index (χ2n) is 5.44. The molecule has 4 nitrogen and oxygen atoms in total. The minimum absolute atomic E-state index is 0.0378. The number of nitrogens with two attached hydrogens (primary N) is 1. The molecule has 1 aromatic rings. The summed E-state index contributed by atoms with van der Waals surface area (Å²) < 4.78 is 39.5. The fourth-order valence-electron chi connectivity index (χ4n) is 2.35. The van der Waals surface area contributed by atoms with Crippen molar-refractivity contribution in [3.63, 3.8) is 0 Å². The van der Waals surface area contributed by atoms with Crippen LogP contribution < -0.4 is 11.1 Å². The Morgan fingerprint density at radius 3 is 2.57 bits per heavy atom. The molecular weight excluding hydrogens is 327 g/mol. The van der Waals surface area contributed by atoms with E-state index in [1.807, 2.05) is 11.8 Å². The van der Waals surface area contributed by atoms with Crippen LogP contribution in [0.25, 0.3) is 0 Å². The maximum Gasteiger partial charge on any atom is 0.317 e. The molecule has 1 aromatic carbocycles. The van der Waals surface area contributed by atoms with Crippen molar-refractivity contribution in [1.29, 1.82) is 0 Å². The van der Waals surface area contributed by atoms with Gasteiger partial charge in [-0.05, 0) is 24.5 Å². The second-order valence-corrected chi connectivity index (χ2v) is 6.67. The zero-order valence-corrected chi connectivity index (χ0v) is 13.5. The van der Waals surface area contributed by atoms with E-state index < -0.39 is 23.5 Å². The minimum atomic E-state index is -1.22. The molecule has 0 bridgehead atoms. The zero-order valence-electron chi connectivity index (χ0n) is 12.7. The highest BCUT2D eigenvalue weighted by Gasteiger charge is 2.17. The Bertz CT molecular complexity index is 553. The first-order valence-electron chi connectivity index (χ1n) is 7.47. The molecule has 8 heteroatoms. The number of rotatable bonds is 5. The second kappa shape index (κ2) is 8.44. The third-order valence-electron chi connectivity index (χ3n) is 3.66. The molecule has 0 unspecified atom stereocenters. The number of nitrogens with zero attached hydrogens (tertiary/aromatic N) is 1. The van der Waals surface area contributed by atoms with Crippen LogP contribution in [0.4, 0.5) is 18.0 Å². The van der Waals surface area contributed by atoms with Gasteiger partial charge < -0.3 is 16.0 Å². The van der Waals surface area contributed by atoms with Crippen molar-refractivity contribution in [1.82, 2.24) is 10.2 Å². The summed E-state index contributed by atoms with van der Waals surface area (Å²) in [5, 5.41) is 2.77. The first-order chi connectivity index (χ1) is 11.0. The number of benzene rings is 1. The number of carbonyl (C=O) groups is 1. The van der Waals surface area contributed by atoms with Crippen molar-refractivity contribution in [3.8, 4) is 0 Å². The van der Waals surface area contributed by atoms with Crippen LogP contribution in [0.3, 0.4) is 0 Å². The van der Waals surface area contributed by atoms with E-state index in [9.17, 15) is 18.0 Å². The summed E-state index contributed by atoms with van der Waals surface area (Å²) in [5.74, 6) is -1.25. The Morgan fingerprint density at radius 1 is 1.22 bits per heavy atom. The quantitative estimate of drug-likeness (QED) is 0.802. The van der Waals surface area contributed by atoms with E-state index in [0.29, 0.717) is 19.0 Å². The molecule has 0 radical (unpaired) electrons. The van der Waals surface area contributed by atoms with E-state index in [1.54, 1.807) is 4.90 Å². The minimum Gasteiger partial charge on any atom is -0.338 e. The summed E-state index contributed by atoms with van der Waals surface area (Å²) in [6.07, 6.45) is 0.506. The van der Waals surface area contributed by atoms with Crippen molar-refractivity contribution in [2.45, 2.75) is 18.9 Å². The van der Waals surface area contributed by atoms with Crippen molar-refractivity contribution < 1.29 is 18.0 Å². The van der Waals surface area contributed by atoms with Gasteiger partial charge in [-0.2, -0.15) is 11.8 Å². The van der Waals surface area contributed by atoms with E-state index in [-0.39, 0.29) is 18.0 Å². The van der Waals surface area contributed by atoms with Crippen LogP contribution >= 0.6 is 11.8 Å². The lowest BCUT2D eigenvalue weighted by Gasteiger charge is -2.26. The molecule has 0 saturated carbocycles. The molecule has 1 atom stereocenters. The molecule has 3 N–H and O–H groups in total. The molecule has 2 amide bonds. The number of hydrogen-bond acceptors (Lipinski definition) is 3. The van der Waals surface area contributed by atoms with Gasteiger partial charge in [-0.15, -0.1) is 0 Å². The summed E-state index contributed by atoms with van der Waals surface area (Å²) in [6, 6.07) is 0.769. The van der Waals surface area contributed by atoms with Gasteiger partial charge in [-0.1, -0.05) is 0 Å². The topological polar surface area (TPSA) is 58.4 Å². The van der Waals surface area contributed by atoms with Crippen LogP contribution in [0.5, 0.6) is 0 Å². The predicted molar refractivity (Wildman–Crippen MR) is 84.9 cm³/mol. The molecule has 0 aromatic heterocycles. The first kappa shape index (κ1) is 17.9. The van der Waals surface area contributed by atoms with E-state index in [2.05, 4.69) is 5.32 Å². The third-order valence-corrected chi connectivity index (χ3v) is 4.60. The van der Waals surface area contributed by atoms with Crippen LogP contribution in [0.2, 0.25) is 0 Å². The van der Waals surface area contributed by atoms with E-state index in [1.165, 1.54) is 0 Å².